The lowest BCUT2D eigenvalue weighted by Crippen LogP contribution is -2.39. The van der Waals surface area contributed by atoms with Gasteiger partial charge in [-0.2, -0.15) is 11.3 Å². The second-order valence-corrected chi connectivity index (χ2v) is 7.08. The Morgan fingerprint density at radius 3 is 2.71 bits per heavy atom. The lowest BCUT2D eigenvalue weighted by atomic mass is 9.96. The van der Waals surface area contributed by atoms with Gasteiger partial charge in [0.1, 0.15) is 6.04 Å². The Morgan fingerprint density at radius 2 is 1.96 bits per heavy atom. The van der Waals surface area contributed by atoms with E-state index in [1.807, 2.05) is 12.1 Å². The minimum Gasteiger partial charge on any atom is -0.480 e. The first-order valence-electron chi connectivity index (χ1n) is 8.23. The number of carboxylic acids is 1. The van der Waals surface area contributed by atoms with Gasteiger partial charge in [-0.3, -0.25) is 9.69 Å². The Hall–Kier alpha value is -2.17. The second-order valence-electron chi connectivity index (χ2n) is 6.30. The van der Waals surface area contributed by atoms with E-state index < -0.39 is 12.0 Å². The van der Waals surface area contributed by atoms with Crippen LogP contribution < -0.4 is 0 Å². The van der Waals surface area contributed by atoms with Crippen LogP contribution in [0.4, 0.5) is 0 Å². The van der Waals surface area contributed by atoms with Gasteiger partial charge < -0.3 is 5.11 Å². The minimum atomic E-state index is -0.714. The molecule has 0 aliphatic carbocycles. The molecule has 3 nitrogen and oxygen atoms in total. The van der Waals surface area contributed by atoms with Gasteiger partial charge in [-0.1, -0.05) is 36.4 Å². The molecule has 2 unspecified atom stereocenters. The molecule has 0 spiro atoms. The molecule has 24 heavy (non-hydrogen) atoms. The molecule has 3 aromatic rings. The Morgan fingerprint density at radius 1 is 1.12 bits per heavy atom. The Balaban J connectivity index is 1.81. The third-order valence-electron chi connectivity index (χ3n) is 4.86. The van der Waals surface area contributed by atoms with Crippen molar-refractivity contribution in [2.45, 2.75) is 24.9 Å². The molecule has 1 N–H and O–H groups in total. The van der Waals surface area contributed by atoms with Crippen LogP contribution in [0.1, 0.15) is 30.0 Å². The first kappa shape index (κ1) is 15.4. The second kappa shape index (κ2) is 6.38. The maximum atomic E-state index is 11.7. The molecule has 1 aromatic heterocycles. The predicted molar refractivity (Wildman–Crippen MR) is 97.5 cm³/mol. The highest BCUT2D eigenvalue weighted by Crippen LogP contribution is 2.36. The summed E-state index contributed by atoms with van der Waals surface area (Å²) in [5, 5.41) is 16.2. The van der Waals surface area contributed by atoms with Crippen LogP contribution in [0.15, 0.2) is 59.3 Å². The highest BCUT2D eigenvalue weighted by Gasteiger charge is 2.36. The zero-order chi connectivity index (χ0) is 16.5. The highest BCUT2D eigenvalue weighted by atomic mass is 32.1. The summed E-state index contributed by atoms with van der Waals surface area (Å²) in [6.45, 7) is 0.824. The SMILES string of the molecule is O=C(O)C1CCCN1C(c1ccsc1)c1ccc2ccccc2c1. The van der Waals surface area contributed by atoms with E-state index in [9.17, 15) is 9.90 Å². The molecule has 2 aromatic carbocycles. The number of carboxylic acid groups (broad SMARTS) is 1. The number of thiophene rings is 1. The summed E-state index contributed by atoms with van der Waals surface area (Å²) in [6, 6.07) is 16.5. The summed E-state index contributed by atoms with van der Waals surface area (Å²) in [5.41, 5.74) is 2.35. The molecule has 0 radical (unpaired) electrons. The van der Waals surface area contributed by atoms with Crippen LogP contribution in [-0.2, 0) is 4.79 Å². The molecule has 4 rings (SSSR count). The number of hydrogen-bond donors (Lipinski definition) is 1. The molecule has 0 bridgehead atoms. The zero-order valence-corrected chi connectivity index (χ0v) is 14.1. The maximum absolute atomic E-state index is 11.7. The van der Waals surface area contributed by atoms with E-state index in [-0.39, 0.29) is 6.04 Å². The van der Waals surface area contributed by atoms with Crippen molar-refractivity contribution < 1.29 is 9.90 Å². The van der Waals surface area contributed by atoms with E-state index in [0.29, 0.717) is 0 Å². The summed E-state index contributed by atoms with van der Waals surface area (Å²) in [6.07, 6.45) is 1.66. The number of carbonyl (C=O) groups is 1. The molecule has 0 saturated carbocycles. The molecule has 1 aliphatic heterocycles. The third kappa shape index (κ3) is 2.72. The fraction of sp³-hybridized carbons (Fsp3) is 0.250. The molecule has 0 amide bonds. The fourth-order valence-corrected chi connectivity index (χ4v) is 4.43. The van der Waals surface area contributed by atoms with E-state index in [4.69, 9.17) is 0 Å². The Labute approximate surface area is 145 Å². The monoisotopic (exact) mass is 337 g/mol. The Kier molecular flexibility index (Phi) is 4.08. The van der Waals surface area contributed by atoms with E-state index >= 15 is 0 Å². The van der Waals surface area contributed by atoms with Crippen LogP contribution in [0.3, 0.4) is 0 Å². The quantitative estimate of drug-likeness (QED) is 0.760. The average Bonchev–Trinajstić information content (AvgIpc) is 3.27. The van der Waals surface area contributed by atoms with Crippen LogP contribution in [0.25, 0.3) is 10.8 Å². The molecule has 1 saturated heterocycles. The van der Waals surface area contributed by atoms with Crippen LogP contribution in [0.5, 0.6) is 0 Å². The van der Waals surface area contributed by atoms with Crippen LogP contribution >= 0.6 is 11.3 Å². The largest absolute Gasteiger partial charge is 0.480 e. The summed E-state index contributed by atoms with van der Waals surface area (Å²) in [4.78, 5) is 13.8. The maximum Gasteiger partial charge on any atom is 0.320 e. The van der Waals surface area contributed by atoms with Gasteiger partial charge in [-0.25, -0.2) is 0 Å². The third-order valence-corrected chi connectivity index (χ3v) is 5.56. The van der Waals surface area contributed by atoms with Crippen molar-refractivity contribution in [2.24, 2.45) is 0 Å². The smallest absolute Gasteiger partial charge is 0.320 e. The van der Waals surface area contributed by atoms with Gasteiger partial charge in [0, 0.05) is 6.54 Å². The molecule has 122 valence electrons. The standard InChI is InChI=1S/C20H19NO2S/c22-20(23)18-6-3-10-21(18)19(17-9-11-24-13-17)16-8-7-14-4-1-2-5-15(14)12-16/h1-2,4-5,7-9,11-13,18-19H,3,6,10H2,(H,22,23). The van der Waals surface area contributed by atoms with E-state index in [1.165, 1.54) is 21.9 Å². The predicted octanol–water partition coefficient (Wildman–Crippen LogP) is 4.54. The van der Waals surface area contributed by atoms with Crippen molar-refractivity contribution in [3.63, 3.8) is 0 Å². The van der Waals surface area contributed by atoms with E-state index in [0.717, 1.165) is 19.4 Å². The fourth-order valence-electron chi connectivity index (χ4n) is 3.75. The number of fused-ring (bicyclic) bond motifs is 1. The number of hydrogen-bond acceptors (Lipinski definition) is 3. The molecular formula is C20H19NO2S. The lowest BCUT2D eigenvalue weighted by Gasteiger charge is -2.31. The molecular weight excluding hydrogens is 318 g/mol. The van der Waals surface area contributed by atoms with Crippen molar-refractivity contribution in [2.75, 3.05) is 6.54 Å². The van der Waals surface area contributed by atoms with Crippen molar-refractivity contribution >= 4 is 28.1 Å². The van der Waals surface area contributed by atoms with Crippen molar-refractivity contribution in [3.05, 3.63) is 70.4 Å². The number of benzene rings is 2. The van der Waals surface area contributed by atoms with Crippen LogP contribution in [0, 0.1) is 0 Å². The zero-order valence-electron chi connectivity index (χ0n) is 13.3. The van der Waals surface area contributed by atoms with Crippen LogP contribution in [0.2, 0.25) is 0 Å². The van der Waals surface area contributed by atoms with Gasteiger partial charge in [-0.15, -0.1) is 0 Å². The molecule has 4 heteroatoms. The number of nitrogens with zero attached hydrogens (tertiary/aromatic N) is 1. The van der Waals surface area contributed by atoms with Gasteiger partial charge in [0.2, 0.25) is 0 Å². The van der Waals surface area contributed by atoms with Gasteiger partial charge in [0.15, 0.2) is 0 Å². The number of aliphatic carboxylic acids is 1. The van der Waals surface area contributed by atoms with Gasteiger partial charge in [0.05, 0.1) is 6.04 Å². The molecule has 1 fully saturated rings. The van der Waals surface area contributed by atoms with Crippen molar-refractivity contribution in [1.29, 1.82) is 0 Å². The average molecular weight is 337 g/mol. The topological polar surface area (TPSA) is 40.5 Å². The summed E-state index contributed by atoms with van der Waals surface area (Å²) in [5.74, 6) is -0.714. The van der Waals surface area contributed by atoms with Gasteiger partial charge in [-0.05, 0) is 57.6 Å². The molecule has 1 aliphatic rings. The molecule has 2 heterocycles. The first-order chi connectivity index (χ1) is 11.7. The van der Waals surface area contributed by atoms with Crippen molar-refractivity contribution in [1.82, 2.24) is 4.90 Å². The minimum absolute atomic E-state index is 0.00413. The number of rotatable bonds is 4. The van der Waals surface area contributed by atoms with E-state index in [2.05, 4.69) is 52.1 Å². The van der Waals surface area contributed by atoms with Gasteiger partial charge >= 0.3 is 5.97 Å². The van der Waals surface area contributed by atoms with Crippen LogP contribution in [-0.4, -0.2) is 28.6 Å². The normalized spacial score (nSPS) is 19.6. The van der Waals surface area contributed by atoms with Gasteiger partial charge in [0.25, 0.3) is 0 Å². The highest BCUT2D eigenvalue weighted by molar-refractivity contribution is 7.08. The number of likely N-dealkylation sites (tertiary alicyclic amines) is 1. The first-order valence-corrected chi connectivity index (χ1v) is 9.17. The summed E-state index contributed by atoms with van der Waals surface area (Å²) >= 11 is 1.66. The lowest BCUT2D eigenvalue weighted by molar-refractivity contribution is -0.142. The molecule has 2 atom stereocenters. The van der Waals surface area contributed by atoms with Crippen molar-refractivity contribution in [3.8, 4) is 0 Å². The summed E-state index contributed by atoms with van der Waals surface area (Å²) < 4.78 is 0. The van der Waals surface area contributed by atoms with E-state index in [1.54, 1.807) is 11.3 Å². The Bertz CT molecular complexity index is 859. The summed E-state index contributed by atoms with van der Waals surface area (Å²) in [7, 11) is 0.